The lowest BCUT2D eigenvalue weighted by atomic mass is 10.0. The van der Waals surface area contributed by atoms with Crippen molar-refractivity contribution >= 4 is 11.8 Å². The highest BCUT2D eigenvalue weighted by atomic mass is 32.2. The molecule has 1 N–H and O–H groups in total. The molecule has 2 heteroatoms. The van der Waals surface area contributed by atoms with Crippen LogP contribution in [-0.4, -0.2) is 12.3 Å². The molecule has 1 nitrogen and oxygen atoms in total. The van der Waals surface area contributed by atoms with E-state index in [9.17, 15) is 0 Å². The van der Waals surface area contributed by atoms with Crippen LogP contribution in [0.25, 0.3) is 0 Å². The van der Waals surface area contributed by atoms with Gasteiger partial charge in [0.15, 0.2) is 0 Å². The Morgan fingerprint density at radius 3 is 2.28 bits per heavy atom. The van der Waals surface area contributed by atoms with Gasteiger partial charge in [0, 0.05) is 17.5 Å². The van der Waals surface area contributed by atoms with E-state index < -0.39 is 0 Å². The zero-order chi connectivity index (χ0) is 13.4. The number of nitrogens with one attached hydrogen (secondary N) is 1. The van der Waals surface area contributed by atoms with E-state index >= 15 is 0 Å². The molecule has 0 saturated carbocycles. The Bertz CT molecular complexity index is 318. The second-order valence-electron chi connectivity index (χ2n) is 5.45. The first-order chi connectivity index (χ1) is 8.61. The van der Waals surface area contributed by atoms with Crippen LogP contribution in [0.5, 0.6) is 0 Å². The molecule has 0 aliphatic heterocycles. The predicted octanol–water partition coefficient (Wildman–Crippen LogP) is 4.71. The van der Waals surface area contributed by atoms with Crippen LogP contribution < -0.4 is 5.32 Å². The molecule has 1 unspecified atom stereocenters. The predicted molar refractivity (Wildman–Crippen MR) is 83.2 cm³/mol. The highest BCUT2D eigenvalue weighted by Crippen LogP contribution is 2.15. The highest BCUT2D eigenvalue weighted by Gasteiger charge is 2.02. The van der Waals surface area contributed by atoms with Gasteiger partial charge in [0.25, 0.3) is 0 Å². The summed E-state index contributed by atoms with van der Waals surface area (Å²) >= 11 is 1.80. The lowest BCUT2D eigenvalue weighted by Gasteiger charge is -2.14. The summed E-state index contributed by atoms with van der Waals surface area (Å²) in [5.41, 5.74) is 1.38. The number of hydrogen-bond acceptors (Lipinski definition) is 2. The van der Waals surface area contributed by atoms with E-state index in [1.54, 1.807) is 11.8 Å². The lowest BCUT2D eigenvalue weighted by Crippen LogP contribution is -2.25. The molecule has 1 aromatic rings. The van der Waals surface area contributed by atoms with E-state index in [2.05, 4.69) is 56.6 Å². The van der Waals surface area contributed by atoms with E-state index in [-0.39, 0.29) is 0 Å². The summed E-state index contributed by atoms with van der Waals surface area (Å²) in [4.78, 5) is 1.34. The van der Waals surface area contributed by atoms with Crippen molar-refractivity contribution in [2.75, 3.05) is 6.26 Å². The van der Waals surface area contributed by atoms with Gasteiger partial charge in [0.05, 0.1) is 0 Å². The molecule has 0 aliphatic carbocycles. The van der Waals surface area contributed by atoms with Crippen molar-refractivity contribution in [3.8, 4) is 0 Å². The average molecular weight is 265 g/mol. The maximum Gasteiger partial charge on any atom is 0.0207 e. The van der Waals surface area contributed by atoms with Crippen LogP contribution in [0.2, 0.25) is 0 Å². The Kier molecular flexibility index (Phi) is 7.45. The summed E-state index contributed by atoms with van der Waals surface area (Å²) in [5, 5.41) is 3.60. The van der Waals surface area contributed by atoms with Crippen LogP contribution in [0.15, 0.2) is 29.2 Å². The number of benzene rings is 1. The third-order valence-corrected chi connectivity index (χ3v) is 3.98. The van der Waals surface area contributed by atoms with Crippen LogP contribution in [0.3, 0.4) is 0 Å². The van der Waals surface area contributed by atoms with Crippen molar-refractivity contribution in [1.82, 2.24) is 5.32 Å². The second kappa shape index (κ2) is 8.60. The largest absolute Gasteiger partial charge is 0.310 e. The second-order valence-corrected chi connectivity index (χ2v) is 6.33. The first-order valence-corrected chi connectivity index (χ1v) is 8.20. The van der Waals surface area contributed by atoms with E-state index in [0.29, 0.717) is 6.04 Å². The molecule has 0 saturated heterocycles. The smallest absolute Gasteiger partial charge is 0.0207 e. The Morgan fingerprint density at radius 1 is 1.06 bits per heavy atom. The molecular weight excluding hydrogens is 238 g/mol. The number of hydrogen-bond donors (Lipinski definition) is 1. The fourth-order valence-electron chi connectivity index (χ4n) is 1.97. The topological polar surface area (TPSA) is 12.0 Å². The van der Waals surface area contributed by atoms with Gasteiger partial charge in [-0.15, -0.1) is 11.8 Å². The zero-order valence-electron chi connectivity index (χ0n) is 12.2. The maximum atomic E-state index is 3.60. The quantitative estimate of drug-likeness (QED) is 0.683. The third kappa shape index (κ3) is 6.46. The van der Waals surface area contributed by atoms with Gasteiger partial charge >= 0.3 is 0 Å². The molecule has 18 heavy (non-hydrogen) atoms. The Labute approximate surface area is 117 Å². The lowest BCUT2D eigenvalue weighted by molar-refractivity contribution is 0.457. The molecular formula is C16H27NS. The molecule has 0 heterocycles. The van der Waals surface area contributed by atoms with Crippen LogP contribution >= 0.6 is 11.8 Å². The fraction of sp³-hybridized carbons (Fsp3) is 0.625. The molecule has 0 spiro atoms. The highest BCUT2D eigenvalue weighted by molar-refractivity contribution is 7.98. The first kappa shape index (κ1) is 15.6. The van der Waals surface area contributed by atoms with Crippen molar-refractivity contribution in [2.45, 2.75) is 57.5 Å². The van der Waals surface area contributed by atoms with E-state index in [1.165, 1.54) is 29.7 Å². The summed E-state index contributed by atoms with van der Waals surface area (Å²) in [5.74, 6) is 0.830. The summed E-state index contributed by atoms with van der Waals surface area (Å²) in [6.07, 6.45) is 6.07. The van der Waals surface area contributed by atoms with Gasteiger partial charge in [-0.3, -0.25) is 0 Å². The van der Waals surface area contributed by atoms with Crippen LogP contribution in [0, 0.1) is 5.92 Å². The van der Waals surface area contributed by atoms with Gasteiger partial charge in [-0.25, -0.2) is 0 Å². The van der Waals surface area contributed by atoms with Crippen molar-refractivity contribution in [2.24, 2.45) is 5.92 Å². The van der Waals surface area contributed by atoms with Crippen molar-refractivity contribution in [1.29, 1.82) is 0 Å². The van der Waals surface area contributed by atoms with Crippen LogP contribution in [-0.2, 0) is 6.54 Å². The molecule has 0 radical (unpaired) electrons. The number of thioether (sulfide) groups is 1. The monoisotopic (exact) mass is 265 g/mol. The van der Waals surface area contributed by atoms with Crippen molar-refractivity contribution < 1.29 is 0 Å². The van der Waals surface area contributed by atoms with Crippen LogP contribution in [0.4, 0.5) is 0 Å². The molecule has 1 atom stereocenters. The summed E-state index contributed by atoms with van der Waals surface area (Å²) in [7, 11) is 0. The standard InChI is InChI=1S/C16H27NS/c1-13(2)6-5-7-14(3)17-12-15-8-10-16(18-4)11-9-15/h8-11,13-14,17H,5-7,12H2,1-4H3. The first-order valence-electron chi connectivity index (χ1n) is 6.98. The SMILES string of the molecule is CSc1ccc(CNC(C)CCCC(C)C)cc1. The molecule has 1 aromatic carbocycles. The van der Waals surface area contributed by atoms with Gasteiger partial charge in [-0.1, -0.05) is 38.8 Å². The third-order valence-electron chi connectivity index (χ3n) is 3.23. The molecule has 0 amide bonds. The number of rotatable bonds is 8. The molecule has 1 rings (SSSR count). The fourth-order valence-corrected chi connectivity index (χ4v) is 2.38. The Morgan fingerprint density at radius 2 is 1.72 bits per heavy atom. The average Bonchev–Trinajstić information content (AvgIpc) is 2.36. The summed E-state index contributed by atoms with van der Waals surface area (Å²) in [6.45, 7) is 7.87. The van der Waals surface area contributed by atoms with Gasteiger partial charge in [0.2, 0.25) is 0 Å². The van der Waals surface area contributed by atoms with E-state index in [0.717, 1.165) is 12.5 Å². The zero-order valence-corrected chi connectivity index (χ0v) is 13.0. The minimum Gasteiger partial charge on any atom is -0.310 e. The summed E-state index contributed by atoms with van der Waals surface area (Å²) in [6, 6.07) is 9.46. The Balaban J connectivity index is 2.22. The van der Waals surface area contributed by atoms with E-state index in [1.807, 2.05) is 0 Å². The van der Waals surface area contributed by atoms with Crippen molar-refractivity contribution in [3.05, 3.63) is 29.8 Å². The molecule has 0 aromatic heterocycles. The summed E-state index contributed by atoms with van der Waals surface area (Å²) < 4.78 is 0. The minimum absolute atomic E-state index is 0.615. The Hall–Kier alpha value is -0.470. The molecule has 0 fully saturated rings. The van der Waals surface area contributed by atoms with E-state index in [4.69, 9.17) is 0 Å². The van der Waals surface area contributed by atoms with Gasteiger partial charge in [-0.05, 0) is 43.2 Å². The molecule has 0 bridgehead atoms. The van der Waals surface area contributed by atoms with Gasteiger partial charge in [-0.2, -0.15) is 0 Å². The molecule has 0 aliphatic rings. The molecule has 102 valence electrons. The normalized spacial score (nSPS) is 12.9. The van der Waals surface area contributed by atoms with Gasteiger partial charge < -0.3 is 5.32 Å². The van der Waals surface area contributed by atoms with Crippen molar-refractivity contribution in [3.63, 3.8) is 0 Å². The van der Waals surface area contributed by atoms with Crippen LogP contribution in [0.1, 0.15) is 45.6 Å². The van der Waals surface area contributed by atoms with Gasteiger partial charge in [0.1, 0.15) is 0 Å². The maximum absolute atomic E-state index is 3.60. The minimum atomic E-state index is 0.615.